The third-order valence-electron chi connectivity index (χ3n) is 7.78. The van der Waals surface area contributed by atoms with Gasteiger partial charge in [-0.1, -0.05) is 61.5 Å². The minimum absolute atomic E-state index is 0.0261. The molecule has 2 aromatic rings. The average Bonchev–Trinajstić information content (AvgIpc) is 2.89. The molecule has 5 rings (SSSR count). The zero-order valence-electron chi connectivity index (χ0n) is 20.0. The molecule has 3 saturated heterocycles. The number of benzene rings is 2. The number of urea groups is 1. The third kappa shape index (κ3) is 4.83. The minimum atomic E-state index is -0.0926. The van der Waals surface area contributed by atoms with Crippen LogP contribution in [0.3, 0.4) is 0 Å². The zero-order valence-corrected chi connectivity index (χ0v) is 20.0. The van der Waals surface area contributed by atoms with Crippen molar-refractivity contribution in [3.05, 3.63) is 71.3 Å². The summed E-state index contributed by atoms with van der Waals surface area (Å²) in [5.74, 6) is 0.751. The lowest BCUT2D eigenvalue weighted by molar-refractivity contribution is -0.139. The number of likely N-dealkylation sites (tertiary alicyclic amines) is 2. The summed E-state index contributed by atoms with van der Waals surface area (Å²) >= 11 is 0. The van der Waals surface area contributed by atoms with E-state index in [0.717, 1.165) is 38.8 Å². The van der Waals surface area contributed by atoms with Crippen molar-refractivity contribution in [2.24, 2.45) is 5.92 Å². The van der Waals surface area contributed by atoms with Gasteiger partial charge >= 0.3 is 6.03 Å². The van der Waals surface area contributed by atoms with Crippen molar-refractivity contribution in [2.75, 3.05) is 32.8 Å². The highest BCUT2D eigenvalue weighted by Crippen LogP contribution is 2.38. The van der Waals surface area contributed by atoms with E-state index in [2.05, 4.69) is 66.8 Å². The molecule has 34 heavy (non-hydrogen) atoms. The third-order valence-corrected chi connectivity index (χ3v) is 7.78. The number of nitrogens with one attached hydrogen (secondary N) is 1. The predicted molar refractivity (Wildman–Crippen MR) is 132 cm³/mol. The van der Waals surface area contributed by atoms with Gasteiger partial charge in [-0.2, -0.15) is 0 Å². The number of ether oxygens (including phenoxy) is 1. The second-order valence-electron chi connectivity index (χ2n) is 9.85. The fourth-order valence-electron chi connectivity index (χ4n) is 5.86. The summed E-state index contributed by atoms with van der Waals surface area (Å²) in [7, 11) is 0. The maximum absolute atomic E-state index is 13.3. The van der Waals surface area contributed by atoms with Crippen LogP contribution in [-0.2, 0) is 16.0 Å². The van der Waals surface area contributed by atoms with Crippen LogP contribution in [0.5, 0.6) is 0 Å². The molecule has 0 radical (unpaired) electrons. The van der Waals surface area contributed by atoms with Crippen LogP contribution in [0, 0.1) is 5.92 Å². The van der Waals surface area contributed by atoms with Crippen LogP contribution in [0.15, 0.2) is 54.6 Å². The van der Waals surface area contributed by atoms with Crippen LogP contribution in [0.1, 0.15) is 48.8 Å². The van der Waals surface area contributed by atoms with Crippen molar-refractivity contribution in [3.63, 3.8) is 0 Å². The van der Waals surface area contributed by atoms with Crippen molar-refractivity contribution < 1.29 is 14.3 Å². The molecule has 3 aliphatic rings. The van der Waals surface area contributed by atoms with E-state index in [9.17, 15) is 9.59 Å². The lowest BCUT2D eigenvalue weighted by atomic mass is 9.76. The summed E-state index contributed by atoms with van der Waals surface area (Å²) in [5.41, 5.74) is 4.08. The van der Waals surface area contributed by atoms with E-state index in [-0.39, 0.29) is 30.7 Å². The van der Waals surface area contributed by atoms with Crippen LogP contribution in [-0.4, -0.2) is 66.7 Å². The van der Waals surface area contributed by atoms with Gasteiger partial charge in [0.1, 0.15) is 6.61 Å². The van der Waals surface area contributed by atoms with E-state index in [4.69, 9.17) is 4.74 Å². The van der Waals surface area contributed by atoms with Gasteiger partial charge in [-0.15, -0.1) is 0 Å². The van der Waals surface area contributed by atoms with Crippen molar-refractivity contribution in [2.45, 2.75) is 50.7 Å². The summed E-state index contributed by atoms with van der Waals surface area (Å²) in [4.78, 5) is 28.9. The number of rotatable bonds is 4. The lowest BCUT2D eigenvalue weighted by Crippen LogP contribution is -2.62. The molecule has 3 atom stereocenters. The molecule has 0 aliphatic carbocycles. The molecular formula is C28H35N3O3. The number of morpholine rings is 1. The Bertz CT molecular complexity index is 986. The van der Waals surface area contributed by atoms with Crippen molar-refractivity contribution in [1.82, 2.24) is 15.1 Å². The fourth-order valence-corrected chi connectivity index (χ4v) is 5.86. The molecule has 2 aromatic carbocycles. The van der Waals surface area contributed by atoms with E-state index < -0.39 is 0 Å². The standard InChI is InChI=1S/C28H35N3O3/c1-2-20-8-10-22(11-9-20)27(21-6-4-3-5-7-21)23-12-15-30(16-13-23)28(33)31-17-14-25-24(18-31)29-26(32)19-34-25/h3-11,23-25,27H,2,12-19H2,1H3,(H,29,32)/t24-,25?,27+/m1/s1. The van der Waals surface area contributed by atoms with Gasteiger partial charge in [-0.3, -0.25) is 4.79 Å². The summed E-state index contributed by atoms with van der Waals surface area (Å²) in [6.45, 7) is 5.08. The second-order valence-corrected chi connectivity index (χ2v) is 9.85. The number of carbonyl (C=O) groups is 2. The summed E-state index contributed by atoms with van der Waals surface area (Å²) < 4.78 is 5.64. The van der Waals surface area contributed by atoms with Gasteiger partial charge < -0.3 is 19.9 Å². The zero-order chi connectivity index (χ0) is 23.5. The maximum Gasteiger partial charge on any atom is 0.320 e. The Morgan fingerprint density at radius 2 is 1.65 bits per heavy atom. The first-order valence-electron chi connectivity index (χ1n) is 12.7. The van der Waals surface area contributed by atoms with Gasteiger partial charge in [-0.05, 0) is 48.3 Å². The Balaban J connectivity index is 1.25. The molecule has 6 heteroatoms. The van der Waals surface area contributed by atoms with E-state index in [0.29, 0.717) is 24.9 Å². The molecule has 0 saturated carbocycles. The number of nitrogens with zero attached hydrogens (tertiary/aromatic N) is 2. The van der Waals surface area contributed by atoms with Gasteiger partial charge in [0.15, 0.2) is 0 Å². The van der Waals surface area contributed by atoms with Gasteiger partial charge in [0, 0.05) is 32.1 Å². The Morgan fingerprint density at radius 3 is 2.35 bits per heavy atom. The van der Waals surface area contributed by atoms with Crippen molar-refractivity contribution >= 4 is 11.9 Å². The number of fused-ring (bicyclic) bond motifs is 1. The van der Waals surface area contributed by atoms with Crippen LogP contribution in [0.2, 0.25) is 0 Å². The topological polar surface area (TPSA) is 61.9 Å². The molecule has 3 aliphatic heterocycles. The molecule has 3 heterocycles. The molecule has 1 unspecified atom stereocenters. The van der Waals surface area contributed by atoms with E-state index in [1.807, 2.05) is 9.80 Å². The van der Waals surface area contributed by atoms with Crippen molar-refractivity contribution in [3.8, 4) is 0 Å². The van der Waals surface area contributed by atoms with E-state index in [1.165, 1.54) is 16.7 Å². The highest BCUT2D eigenvalue weighted by molar-refractivity contribution is 5.79. The molecule has 0 aromatic heterocycles. The lowest BCUT2D eigenvalue weighted by Gasteiger charge is -2.44. The number of amides is 3. The number of carbonyl (C=O) groups excluding carboxylic acids is 2. The van der Waals surface area contributed by atoms with Crippen molar-refractivity contribution in [1.29, 1.82) is 0 Å². The molecule has 0 spiro atoms. The molecule has 6 nitrogen and oxygen atoms in total. The Kier molecular flexibility index (Phi) is 6.86. The molecule has 3 fully saturated rings. The first-order chi connectivity index (χ1) is 16.6. The molecule has 3 amide bonds. The number of hydrogen-bond donors (Lipinski definition) is 1. The number of aryl methyl sites for hydroxylation is 1. The Morgan fingerprint density at radius 1 is 0.971 bits per heavy atom. The van der Waals surface area contributed by atoms with Crippen LogP contribution in [0.25, 0.3) is 0 Å². The van der Waals surface area contributed by atoms with E-state index in [1.54, 1.807) is 0 Å². The Labute approximate surface area is 202 Å². The maximum atomic E-state index is 13.3. The quantitative estimate of drug-likeness (QED) is 0.753. The molecule has 0 bridgehead atoms. The first-order valence-corrected chi connectivity index (χ1v) is 12.7. The van der Waals surface area contributed by atoms with Crippen LogP contribution < -0.4 is 5.32 Å². The average molecular weight is 462 g/mol. The number of hydrogen-bond acceptors (Lipinski definition) is 3. The molecule has 1 N–H and O–H groups in total. The van der Waals surface area contributed by atoms with Crippen LogP contribution >= 0.6 is 0 Å². The van der Waals surface area contributed by atoms with Gasteiger partial charge in [0.2, 0.25) is 5.91 Å². The summed E-state index contributed by atoms with van der Waals surface area (Å²) in [6.07, 6.45) is 3.82. The van der Waals surface area contributed by atoms with Crippen LogP contribution in [0.4, 0.5) is 4.79 Å². The summed E-state index contributed by atoms with van der Waals surface area (Å²) in [6, 6.07) is 19.9. The normalized spacial score (nSPS) is 24.3. The highest BCUT2D eigenvalue weighted by Gasteiger charge is 2.38. The molecular weight excluding hydrogens is 426 g/mol. The van der Waals surface area contributed by atoms with Gasteiger partial charge in [0.05, 0.1) is 12.1 Å². The first kappa shape index (κ1) is 22.9. The smallest absolute Gasteiger partial charge is 0.320 e. The Hall–Kier alpha value is -2.86. The SMILES string of the molecule is CCc1ccc([C@H](c2ccccc2)C2CCN(C(=O)N3CCC4OCC(=O)N[C@@H]4C3)CC2)cc1. The largest absolute Gasteiger partial charge is 0.366 e. The van der Waals surface area contributed by atoms with Gasteiger partial charge in [-0.25, -0.2) is 4.79 Å². The summed E-state index contributed by atoms with van der Waals surface area (Å²) in [5, 5.41) is 3.00. The second kappa shape index (κ2) is 10.2. The van der Waals surface area contributed by atoms with E-state index >= 15 is 0 Å². The highest BCUT2D eigenvalue weighted by atomic mass is 16.5. The minimum Gasteiger partial charge on any atom is -0.366 e. The predicted octanol–water partition coefficient (Wildman–Crippen LogP) is 3.80. The fraction of sp³-hybridized carbons (Fsp3) is 0.500. The monoisotopic (exact) mass is 461 g/mol. The van der Waals surface area contributed by atoms with Gasteiger partial charge in [0.25, 0.3) is 0 Å². The number of piperidine rings is 2. The molecule has 180 valence electrons.